The molecule has 0 spiro atoms. The number of ether oxygens (including phenoxy) is 1. The molecule has 15 heavy (non-hydrogen) atoms. The van der Waals surface area contributed by atoms with Gasteiger partial charge < -0.3 is 9.84 Å². The third-order valence-corrected chi connectivity index (χ3v) is 2.56. The summed E-state index contributed by atoms with van der Waals surface area (Å²) in [5.41, 5.74) is 0.189. The van der Waals surface area contributed by atoms with E-state index in [4.69, 9.17) is 4.74 Å². The number of halogens is 2. The first kappa shape index (κ1) is 10.5. The Balaban J connectivity index is 2.24. The van der Waals surface area contributed by atoms with Crippen LogP contribution < -0.4 is 0 Å². The fourth-order valence-electron chi connectivity index (χ4n) is 1.76. The largest absolute Gasteiger partial charge is 0.393 e. The molecule has 0 radical (unpaired) electrons. The molecule has 0 amide bonds. The van der Waals surface area contributed by atoms with Gasteiger partial charge in [0.1, 0.15) is 11.6 Å². The van der Waals surface area contributed by atoms with Gasteiger partial charge in [-0.25, -0.2) is 8.78 Å². The molecular weight excluding hydrogens is 202 g/mol. The van der Waals surface area contributed by atoms with Gasteiger partial charge in [-0.05, 0) is 24.6 Å². The van der Waals surface area contributed by atoms with Crippen molar-refractivity contribution in [1.29, 1.82) is 0 Å². The molecule has 2 rings (SSSR count). The van der Waals surface area contributed by atoms with Gasteiger partial charge in [-0.1, -0.05) is 0 Å². The van der Waals surface area contributed by atoms with E-state index in [1.54, 1.807) is 0 Å². The zero-order chi connectivity index (χ0) is 10.8. The molecule has 0 aromatic heterocycles. The third kappa shape index (κ3) is 2.33. The van der Waals surface area contributed by atoms with Crippen molar-refractivity contribution < 1.29 is 18.6 Å². The van der Waals surface area contributed by atoms with Crippen LogP contribution in [0.25, 0.3) is 0 Å². The first-order valence-electron chi connectivity index (χ1n) is 4.91. The highest BCUT2D eigenvalue weighted by Gasteiger charge is 2.24. The minimum Gasteiger partial charge on any atom is -0.393 e. The van der Waals surface area contributed by atoms with Crippen LogP contribution in [0.5, 0.6) is 0 Å². The molecule has 1 saturated heterocycles. The molecule has 0 bridgehead atoms. The highest BCUT2D eigenvalue weighted by atomic mass is 19.1. The molecule has 4 heteroatoms. The lowest BCUT2D eigenvalue weighted by Gasteiger charge is -2.26. The van der Waals surface area contributed by atoms with E-state index < -0.39 is 23.8 Å². The first-order valence-corrected chi connectivity index (χ1v) is 4.91. The minimum absolute atomic E-state index is 0.189. The summed E-state index contributed by atoms with van der Waals surface area (Å²) in [7, 11) is 0. The monoisotopic (exact) mass is 214 g/mol. The van der Waals surface area contributed by atoms with Gasteiger partial charge in [0.25, 0.3) is 0 Å². The molecule has 1 aliphatic rings. The molecule has 1 N–H and O–H groups in total. The lowest BCUT2D eigenvalue weighted by atomic mass is 9.99. The van der Waals surface area contributed by atoms with Crippen LogP contribution in [-0.4, -0.2) is 17.8 Å². The van der Waals surface area contributed by atoms with Crippen molar-refractivity contribution in [3.05, 3.63) is 35.4 Å². The Bertz CT molecular complexity index is 354. The molecule has 2 unspecified atom stereocenters. The van der Waals surface area contributed by atoms with Crippen LogP contribution in [0.3, 0.4) is 0 Å². The van der Waals surface area contributed by atoms with Crippen LogP contribution in [0.4, 0.5) is 8.78 Å². The van der Waals surface area contributed by atoms with E-state index in [-0.39, 0.29) is 5.56 Å². The van der Waals surface area contributed by atoms with Gasteiger partial charge in [0.05, 0.1) is 12.2 Å². The van der Waals surface area contributed by atoms with Crippen LogP contribution in [0.15, 0.2) is 18.2 Å². The van der Waals surface area contributed by atoms with Crippen LogP contribution in [-0.2, 0) is 4.74 Å². The molecule has 0 aliphatic carbocycles. The van der Waals surface area contributed by atoms with Gasteiger partial charge in [0, 0.05) is 18.6 Å². The Morgan fingerprint density at radius 2 is 2.13 bits per heavy atom. The maximum atomic E-state index is 13.4. The average molecular weight is 214 g/mol. The molecule has 0 saturated carbocycles. The zero-order valence-corrected chi connectivity index (χ0v) is 8.12. The zero-order valence-electron chi connectivity index (χ0n) is 8.12. The number of benzene rings is 1. The number of hydrogen-bond acceptors (Lipinski definition) is 2. The molecule has 2 atom stereocenters. The number of aliphatic hydroxyl groups excluding tert-OH is 1. The van der Waals surface area contributed by atoms with Gasteiger partial charge in [0.2, 0.25) is 0 Å². The van der Waals surface area contributed by atoms with E-state index in [1.165, 1.54) is 0 Å². The van der Waals surface area contributed by atoms with Gasteiger partial charge in [-0.2, -0.15) is 0 Å². The highest BCUT2D eigenvalue weighted by Crippen LogP contribution is 2.30. The van der Waals surface area contributed by atoms with Gasteiger partial charge in [-0.15, -0.1) is 0 Å². The van der Waals surface area contributed by atoms with Crippen LogP contribution >= 0.6 is 0 Å². The Labute approximate surface area is 86.5 Å². The number of hydrogen-bond donors (Lipinski definition) is 1. The van der Waals surface area contributed by atoms with Crippen LogP contribution in [0, 0.1) is 11.6 Å². The van der Waals surface area contributed by atoms with E-state index in [0.29, 0.717) is 19.4 Å². The Morgan fingerprint density at radius 1 is 1.33 bits per heavy atom. The predicted molar refractivity (Wildman–Crippen MR) is 50.3 cm³/mol. The standard InChI is InChI=1S/C11H12F2O2/c12-7-1-2-10(13)9(5-7)11-6-8(14)3-4-15-11/h1-2,5,8,11,14H,3-4,6H2. The summed E-state index contributed by atoms with van der Waals surface area (Å²) in [6, 6.07) is 3.27. The molecule has 2 nitrogen and oxygen atoms in total. The summed E-state index contributed by atoms with van der Waals surface area (Å²) in [6.45, 7) is 0.377. The Kier molecular flexibility index (Phi) is 2.98. The first-order chi connectivity index (χ1) is 7.16. The summed E-state index contributed by atoms with van der Waals surface area (Å²) in [4.78, 5) is 0. The number of rotatable bonds is 1. The molecular formula is C11H12F2O2. The SMILES string of the molecule is OC1CCOC(c2cc(F)ccc2F)C1. The quantitative estimate of drug-likeness (QED) is 0.776. The fourth-order valence-corrected chi connectivity index (χ4v) is 1.76. The van der Waals surface area contributed by atoms with Crippen LogP contribution in [0.2, 0.25) is 0 Å². The van der Waals surface area contributed by atoms with Crippen molar-refractivity contribution in [3.63, 3.8) is 0 Å². The van der Waals surface area contributed by atoms with Crippen molar-refractivity contribution in [3.8, 4) is 0 Å². The lowest BCUT2D eigenvalue weighted by Crippen LogP contribution is -2.24. The second-order valence-electron chi connectivity index (χ2n) is 3.70. The van der Waals surface area contributed by atoms with E-state index in [1.807, 2.05) is 0 Å². The van der Waals surface area contributed by atoms with Crippen molar-refractivity contribution in [2.75, 3.05) is 6.61 Å². The molecule has 1 aromatic rings. The summed E-state index contributed by atoms with van der Waals surface area (Å²) in [5, 5.41) is 9.40. The fraction of sp³-hybridized carbons (Fsp3) is 0.455. The number of aliphatic hydroxyl groups is 1. The average Bonchev–Trinajstić information content (AvgIpc) is 2.22. The highest BCUT2D eigenvalue weighted by molar-refractivity contribution is 5.21. The predicted octanol–water partition coefficient (Wildman–Crippen LogP) is 2.18. The molecule has 1 heterocycles. The van der Waals surface area contributed by atoms with E-state index >= 15 is 0 Å². The van der Waals surface area contributed by atoms with E-state index in [0.717, 1.165) is 18.2 Å². The van der Waals surface area contributed by atoms with E-state index in [9.17, 15) is 13.9 Å². The van der Waals surface area contributed by atoms with Crippen molar-refractivity contribution in [1.82, 2.24) is 0 Å². The topological polar surface area (TPSA) is 29.5 Å². The van der Waals surface area contributed by atoms with E-state index in [2.05, 4.69) is 0 Å². The molecule has 82 valence electrons. The van der Waals surface area contributed by atoms with Gasteiger partial charge >= 0.3 is 0 Å². The maximum Gasteiger partial charge on any atom is 0.129 e. The Morgan fingerprint density at radius 3 is 2.87 bits per heavy atom. The third-order valence-electron chi connectivity index (χ3n) is 2.56. The second kappa shape index (κ2) is 4.24. The second-order valence-corrected chi connectivity index (χ2v) is 3.70. The molecule has 1 aromatic carbocycles. The van der Waals surface area contributed by atoms with Crippen molar-refractivity contribution in [2.24, 2.45) is 0 Å². The molecule has 1 fully saturated rings. The normalized spacial score (nSPS) is 26.6. The van der Waals surface area contributed by atoms with Crippen LogP contribution in [0.1, 0.15) is 24.5 Å². The summed E-state index contributed by atoms with van der Waals surface area (Å²) in [6.07, 6.45) is -0.163. The van der Waals surface area contributed by atoms with Gasteiger partial charge in [-0.3, -0.25) is 0 Å². The minimum atomic E-state index is -0.538. The Hall–Kier alpha value is -1.00. The van der Waals surface area contributed by atoms with Crippen molar-refractivity contribution >= 4 is 0 Å². The van der Waals surface area contributed by atoms with Crippen molar-refractivity contribution in [2.45, 2.75) is 25.0 Å². The summed E-state index contributed by atoms with van der Waals surface area (Å²) >= 11 is 0. The summed E-state index contributed by atoms with van der Waals surface area (Å²) in [5.74, 6) is -0.981. The maximum absolute atomic E-state index is 13.4. The smallest absolute Gasteiger partial charge is 0.129 e. The summed E-state index contributed by atoms with van der Waals surface area (Å²) < 4.78 is 31.6. The lowest BCUT2D eigenvalue weighted by molar-refractivity contribution is -0.0462. The van der Waals surface area contributed by atoms with Gasteiger partial charge in [0.15, 0.2) is 0 Å². The molecule has 1 aliphatic heterocycles.